The lowest BCUT2D eigenvalue weighted by Crippen LogP contribution is -1.99. The van der Waals surface area contributed by atoms with Crippen LogP contribution < -0.4 is 4.74 Å². The maximum Gasteiger partial charge on any atom is 0.164 e. The molecule has 1 aliphatic carbocycles. The molecule has 4 heteroatoms. The van der Waals surface area contributed by atoms with Crippen molar-refractivity contribution in [3.8, 4) is 5.75 Å². The molecule has 2 nitrogen and oxygen atoms in total. The minimum Gasteiger partial charge on any atom is -0.492 e. The molecule has 1 fully saturated rings. The van der Waals surface area contributed by atoms with Gasteiger partial charge in [0.25, 0.3) is 0 Å². The standard InChI is InChI=1S/C10H11ClFNO/c11-10-9(12)5-8(6-13-10)14-4-3-7-1-2-7/h5-7H,1-4H2. The second-order valence-corrected chi connectivity index (χ2v) is 3.88. The van der Waals surface area contributed by atoms with E-state index in [4.69, 9.17) is 16.3 Å². The SMILES string of the molecule is Fc1cc(OCCC2CC2)cnc1Cl. The van der Waals surface area contributed by atoms with E-state index >= 15 is 0 Å². The number of rotatable bonds is 4. The summed E-state index contributed by atoms with van der Waals surface area (Å²) in [6.45, 7) is 0.632. The lowest BCUT2D eigenvalue weighted by atomic mass is 10.3. The van der Waals surface area contributed by atoms with Crippen LogP contribution in [0.5, 0.6) is 5.75 Å². The molecule has 0 amide bonds. The third kappa shape index (κ3) is 2.58. The van der Waals surface area contributed by atoms with Gasteiger partial charge in [0.05, 0.1) is 12.8 Å². The molecule has 0 spiro atoms. The van der Waals surface area contributed by atoms with Crippen LogP contribution in [-0.2, 0) is 0 Å². The molecule has 0 N–H and O–H groups in total. The minimum atomic E-state index is -0.532. The highest BCUT2D eigenvalue weighted by Gasteiger charge is 2.20. The molecule has 1 saturated carbocycles. The van der Waals surface area contributed by atoms with Crippen molar-refractivity contribution in [2.45, 2.75) is 19.3 Å². The van der Waals surface area contributed by atoms with E-state index in [-0.39, 0.29) is 5.15 Å². The van der Waals surface area contributed by atoms with Gasteiger partial charge in [-0.1, -0.05) is 24.4 Å². The highest BCUT2D eigenvalue weighted by Crippen LogP contribution is 2.32. The molecule has 1 heterocycles. The van der Waals surface area contributed by atoms with Crippen molar-refractivity contribution in [2.75, 3.05) is 6.61 Å². The van der Waals surface area contributed by atoms with Gasteiger partial charge in [-0.2, -0.15) is 0 Å². The summed E-state index contributed by atoms with van der Waals surface area (Å²) in [6.07, 6.45) is 5.09. The van der Waals surface area contributed by atoms with Crippen LogP contribution >= 0.6 is 11.6 Å². The van der Waals surface area contributed by atoms with Gasteiger partial charge < -0.3 is 4.74 Å². The quantitative estimate of drug-likeness (QED) is 0.721. The van der Waals surface area contributed by atoms with Gasteiger partial charge in [-0.3, -0.25) is 0 Å². The van der Waals surface area contributed by atoms with Crippen molar-refractivity contribution >= 4 is 11.6 Å². The van der Waals surface area contributed by atoms with E-state index in [2.05, 4.69) is 4.98 Å². The normalized spacial score (nSPS) is 15.6. The molecule has 0 aliphatic heterocycles. The zero-order valence-electron chi connectivity index (χ0n) is 7.67. The molecule has 0 bridgehead atoms. The predicted octanol–water partition coefficient (Wildman–Crippen LogP) is 3.05. The Morgan fingerprint density at radius 2 is 2.36 bits per heavy atom. The van der Waals surface area contributed by atoms with Crippen LogP contribution in [0.4, 0.5) is 4.39 Å². The minimum absolute atomic E-state index is 0.112. The van der Waals surface area contributed by atoms with Crippen molar-refractivity contribution in [3.63, 3.8) is 0 Å². The van der Waals surface area contributed by atoms with Crippen LogP contribution in [0.2, 0.25) is 5.15 Å². The second kappa shape index (κ2) is 4.13. The molecule has 1 aliphatic rings. The monoisotopic (exact) mass is 215 g/mol. The van der Waals surface area contributed by atoms with E-state index in [1.165, 1.54) is 25.1 Å². The van der Waals surface area contributed by atoms with Crippen LogP contribution in [0, 0.1) is 11.7 Å². The topological polar surface area (TPSA) is 22.1 Å². The van der Waals surface area contributed by atoms with E-state index in [0.717, 1.165) is 12.3 Å². The largest absolute Gasteiger partial charge is 0.492 e. The Hall–Kier alpha value is -0.830. The Morgan fingerprint density at radius 1 is 1.57 bits per heavy atom. The Morgan fingerprint density at radius 3 is 3.00 bits per heavy atom. The van der Waals surface area contributed by atoms with Crippen LogP contribution in [-0.4, -0.2) is 11.6 Å². The summed E-state index contributed by atoms with van der Waals surface area (Å²) >= 11 is 5.43. The first-order valence-corrected chi connectivity index (χ1v) is 5.07. The highest BCUT2D eigenvalue weighted by atomic mass is 35.5. The molecular weight excluding hydrogens is 205 g/mol. The first-order valence-electron chi connectivity index (χ1n) is 4.69. The predicted molar refractivity (Wildman–Crippen MR) is 52.0 cm³/mol. The Labute approximate surface area is 87.1 Å². The van der Waals surface area contributed by atoms with Crippen LogP contribution in [0.1, 0.15) is 19.3 Å². The van der Waals surface area contributed by atoms with E-state index in [1.807, 2.05) is 0 Å². The van der Waals surface area contributed by atoms with Crippen molar-refractivity contribution in [3.05, 3.63) is 23.2 Å². The molecular formula is C10H11ClFNO. The third-order valence-corrected chi connectivity index (χ3v) is 2.54. The molecule has 1 aromatic rings. The number of hydrogen-bond acceptors (Lipinski definition) is 2. The lowest BCUT2D eigenvalue weighted by Gasteiger charge is -2.04. The molecule has 0 atom stereocenters. The molecule has 2 rings (SSSR count). The number of ether oxygens (including phenoxy) is 1. The zero-order chi connectivity index (χ0) is 9.97. The summed E-state index contributed by atoms with van der Waals surface area (Å²) in [4.78, 5) is 3.66. The average Bonchev–Trinajstić information content (AvgIpc) is 2.95. The first kappa shape index (κ1) is 9.71. The smallest absolute Gasteiger partial charge is 0.164 e. The van der Waals surface area contributed by atoms with Crippen LogP contribution in [0.3, 0.4) is 0 Å². The van der Waals surface area contributed by atoms with E-state index in [1.54, 1.807) is 0 Å². The Kier molecular flexibility index (Phi) is 2.87. The molecule has 0 saturated heterocycles. The fourth-order valence-corrected chi connectivity index (χ4v) is 1.34. The van der Waals surface area contributed by atoms with Gasteiger partial charge in [0, 0.05) is 6.07 Å². The zero-order valence-corrected chi connectivity index (χ0v) is 8.43. The van der Waals surface area contributed by atoms with Crippen LogP contribution in [0.25, 0.3) is 0 Å². The second-order valence-electron chi connectivity index (χ2n) is 3.52. The maximum atomic E-state index is 12.9. The summed E-state index contributed by atoms with van der Waals surface area (Å²) in [5, 5.41) is -0.112. The summed E-state index contributed by atoms with van der Waals surface area (Å²) in [5.41, 5.74) is 0. The van der Waals surface area contributed by atoms with Gasteiger partial charge in [0.2, 0.25) is 0 Å². The molecule has 1 aromatic heterocycles. The Balaban J connectivity index is 1.85. The Bertz CT molecular complexity index is 328. The average molecular weight is 216 g/mol. The van der Waals surface area contributed by atoms with Crippen molar-refractivity contribution in [1.82, 2.24) is 4.98 Å². The maximum absolute atomic E-state index is 12.9. The molecule has 0 unspecified atom stereocenters. The van der Waals surface area contributed by atoms with Gasteiger partial charge in [-0.15, -0.1) is 0 Å². The number of aromatic nitrogens is 1. The van der Waals surface area contributed by atoms with Crippen molar-refractivity contribution in [1.29, 1.82) is 0 Å². The summed E-state index contributed by atoms with van der Waals surface area (Å²) in [5.74, 6) is 0.739. The van der Waals surface area contributed by atoms with Gasteiger partial charge >= 0.3 is 0 Å². The fraction of sp³-hybridized carbons (Fsp3) is 0.500. The molecule has 0 radical (unpaired) electrons. The summed E-state index contributed by atoms with van der Waals surface area (Å²) < 4.78 is 18.2. The van der Waals surface area contributed by atoms with Crippen molar-refractivity contribution in [2.24, 2.45) is 5.92 Å². The van der Waals surface area contributed by atoms with Gasteiger partial charge in [0.1, 0.15) is 5.75 Å². The first-order chi connectivity index (χ1) is 6.75. The number of nitrogens with zero attached hydrogens (tertiary/aromatic N) is 1. The van der Waals surface area contributed by atoms with E-state index < -0.39 is 5.82 Å². The van der Waals surface area contributed by atoms with Gasteiger partial charge in [-0.25, -0.2) is 9.37 Å². The number of pyridine rings is 1. The number of halogens is 2. The highest BCUT2D eigenvalue weighted by molar-refractivity contribution is 6.29. The lowest BCUT2D eigenvalue weighted by molar-refractivity contribution is 0.299. The fourth-order valence-electron chi connectivity index (χ4n) is 1.23. The van der Waals surface area contributed by atoms with E-state index in [0.29, 0.717) is 12.4 Å². The summed E-state index contributed by atoms with van der Waals surface area (Å²) in [7, 11) is 0. The molecule has 0 aromatic carbocycles. The molecule has 14 heavy (non-hydrogen) atoms. The molecule has 76 valence electrons. The van der Waals surface area contributed by atoms with Crippen molar-refractivity contribution < 1.29 is 9.13 Å². The third-order valence-electron chi connectivity index (χ3n) is 2.26. The number of hydrogen-bond donors (Lipinski definition) is 0. The van der Waals surface area contributed by atoms with Gasteiger partial charge in [0.15, 0.2) is 11.0 Å². The van der Waals surface area contributed by atoms with Crippen LogP contribution in [0.15, 0.2) is 12.3 Å². The summed E-state index contributed by atoms with van der Waals surface area (Å²) in [6, 6.07) is 1.27. The van der Waals surface area contributed by atoms with Gasteiger partial charge in [-0.05, 0) is 12.3 Å². The van der Waals surface area contributed by atoms with E-state index in [9.17, 15) is 4.39 Å².